The second-order valence-electron chi connectivity index (χ2n) is 3.63. The average molecular weight is 162 g/mol. The smallest absolute Gasteiger partial charge is 0.146 e. The van der Waals surface area contributed by atoms with Gasteiger partial charge in [0.1, 0.15) is 6.79 Å². The molecule has 2 nitrogen and oxygen atoms in total. The molecule has 0 rings (SSSR count). The van der Waals surface area contributed by atoms with Crippen LogP contribution in [0, 0.1) is 0 Å². The standard InChI is InChI=1S/C7H18O2Si/c1-8-7-9-5-6-10(2,3)4/h5-7H2,1-4H3. The van der Waals surface area contributed by atoms with Crippen LogP contribution in [0.3, 0.4) is 0 Å². The summed E-state index contributed by atoms with van der Waals surface area (Å²) in [6.07, 6.45) is 0. The van der Waals surface area contributed by atoms with Gasteiger partial charge in [-0.05, 0) is 6.04 Å². The van der Waals surface area contributed by atoms with Crippen LogP contribution in [-0.4, -0.2) is 28.6 Å². The molecule has 0 atom stereocenters. The minimum atomic E-state index is -0.888. The van der Waals surface area contributed by atoms with Crippen LogP contribution in [0.25, 0.3) is 0 Å². The zero-order valence-electron chi connectivity index (χ0n) is 7.44. The van der Waals surface area contributed by atoms with Crippen molar-refractivity contribution in [3.05, 3.63) is 0 Å². The Hall–Kier alpha value is 0.137. The van der Waals surface area contributed by atoms with Crippen molar-refractivity contribution in [3.63, 3.8) is 0 Å². The molecule has 0 aliphatic carbocycles. The van der Waals surface area contributed by atoms with Crippen LogP contribution in [0.5, 0.6) is 0 Å². The van der Waals surface area contributed by atoms with Gasteiger partial charge < -0.3 is 9.47 Å². The van der Waals surface area contributed by atoms with E-state index in [9.17, 15) is 0 Å². The van der Waals surface area contributed by atoms with Crippen LogP contribution in [0.15, 0.2) is 0 Å². The molecule has 0 spiro atoms. The van der Waals surface area contributed by atoms with Gasteiger partial charge in [-0.2, -0.15) is 0 Å². The van der Waals surface area contributed by atoms with Crippen molar-refractivity contribution in [1.29, 1.82) is 0 Å². The third-order valence-electron chi connectivity index (χ3n) is 1.20. The fraction of sp³-hybridized carbons (Fsp3) is 1.00. The number of ether oxygens (including phenoxy) is 2. The predicted octanol–water partition coefficient (Wildman–Crippen LogP) is 1.95. The van der Waals surface area contributed by atoms with Crippen LogP contribution in [0.2, 0.25) is 25.7 Å². The monoisotopic (exact) mass is 162 g/mol. The molecule has 62 valence electrons. The van der Waals surface area contributed by atoms with E-state index in [0.717, 1.165) is 6.61 Å². The highest BCUT2D eigenvalue weighted by Gasteiger charge is 2.11. The maximum atomic E-state index is 5.17. The molecule has 0 amide bonds. The number of hydrogen-bond acceptors (Lipinski definition) is 2. The first-order valence-electron chi connectivity index (χ1n) is 3.63. The van der Waals surface area contributed by atoms with Crippen molar-refractivity contribution >= 4 is 8.07 Å². The zero-order valence-corrected chi connectivity index (χ0v) is 8.44. The quantitative estimate of drug-likeness (QED) is 0.349. The van der Waals surface area contributed by atoms with Gasteiger partial charge in [0.2, 0.25) is 0 Å². The predicted molar refractivity (Wildman–Crippen MR) is 46.0 cm³/mol. The molecule has 0 saturated carbocycles. The molecular formula is C7H18O2Si. The summed E-state index contributed by atoms with van der Waals surface area (Å²) in [6, 6.07) is 1.22. The topological polar surface area (TPSA) is 18.5 Å². The Bertz CT molecular complexity index is 78.2. The molecule has 0 fully saturated rings. The molecule has 0 saturated heterocycles. The lowest BCUT2D eigenvalue weighted by molar-refractivity contribution is -0.0252. The van der Waals surface area contributed by atoms with E-state index in [1.165, 1.54) is 6.04 Å². The van der Waals surface area contributed by atoms with Crippen LogP contribution < -0.4 is 0 Å². The summed E-state index contributed by atoms with van der Waals surface area (Å²) in [5.74, 6) is 0. The summed E-state index contributed by atoms with van der Waals surface area (Å²) >= 11 is 0. The number of rotatable bonds is 5. The Kier molecular flexibility index (Phi) is 4.94. The highest BCUT2D eigenvalue weighted by atomic mass is 28.3. The van der Waals surface area contributed by atoms with E-state index in [1.807, 2.05) is 0 Å². The number of hydrogen-bond donors (Lipinski definition) is 0. The minimum Gasteiger partial charge on any atom is -0.359 e. The first-order chi connectivity index (χ1) is 4.56. The molecular weight excluding hydrogens is 144 g/mol. The van der Waals surface area contributed by atoms with E-state index in [1.54, 1.807) is 7.11 Å². The largest absolute Gasteiger partial charge is 0.359 e. The minimum absolute atomic E-state index is 0.435. The summed E-state index contributed by atoms with van der Waals surface area (Å²) in [5, 5.41) is 0. The van der Waals surface area contributed by atoms with Gasteiger partial charge in [0.15, 0.2) is 0 Å². The van der Waals surface area contributed by atoms with Crippen LogP contribution >= 0.6 is 0 Å². The van der Waals surface area contributed by atoms with Crippen molar-refractivity contribution in [2.24, 2.45) is 0 Å². The highest BCUT2D eigenvalue weighted by Crippen LogP contribution is 2.06. The Morgan fingerprint density at radius 1 is 1.20 bits per heavy atom. The molecule has 0 unspecified atom stereocenters. The summed E-state index contributed by atoms with van der Waals surface area (Å²) in [6.45, 7) is 8.30. The van der Waals surface area contributed by atoms with Gasteiger partial charge >= 0.3 is 0 Å². The molecule has 0 aromatic heterocycles. The van der Waals surface area contributed by atoms with Crippen molar-refractivity contribution in [2.75, 3.05) is 20.5 Å². The second-order valence-corrected chi connectivity index (χ2v) is 9.25. The fourth-order valence-corrected chi connectivity index (χ4v) is 1.28. The van der Waals surface area contributed by atoms with Crippen LogP contribution in [-0.2, 0) is 9.47 Å². The van der Waals surface area contributed by atoms with E-state index in [2.05, 4.69) is 19.6 Å². The summed E-state index contributed by atoms with van der Waals surface area (Å²) < 4.78 is 9.92. The lowest BCUT2D eigenvalue weighted by atomic mass is 10.9. The van der Waals surface area contributed by atoms with Gasteiger partial charge in [-0.1, -0.05) is 19.6 Å². The van der Waals surface area contributed by atoms with Crippen molar-refractivity contribution < 1.29 is 9.47 Å². The molecule has 0 N–H and O–H groups in total. The fourth-order valence-electron chi connectivity index (χ4n) is 0.521. The van der Waals surface area contributed by atoms with Gasteiger partial charge in [0.25, 0.3) is 0 Å². The Balaban J connectivity index is 3.04. The van der Waals surface area contributed by atoms with Gasteiger partial charge in [0.05, 0.1) is 0 Å². The maximum Gasteiger partial charge on any atom is 0.146 e. The lowest BCUT2D eigenvalue weighted by Crippen LogP contribution is -2.21. The normalized spacial score (nSPS) is 12.0. The van der Waals surface area contributed by atoms with Gasteiger partial charge in [-0.25, -0.2) is 0 Å². The maximum absolute atomic E-state index is 5.17. The highest BCUT2D eigenvalue weighted by molar-refractivity contribution is 6.76. The first-order valence-corrected chi connectivity index (χ1v) is 7.33. The zero-order chi connectivity index (χ0) is 8.04. The third kappa shape index (κ3) is 8.14. The molecule has 10 heavy (non-hydrogen) atoms. The van der Waals surface area contributed by atoms with Gasteiger partial charge in [-0.3, -0.25) is 0 Å². The lowest BCUT2D eigenvalue weighted by Gasteiger charge is -2.14. The molecule has 0 bridgehead atoms. The van der Waals surface area contributed by atoms with Crippen molar-refractivity contribution in [2.45, 2.75) is 25.7 Å². The SMILES string of the molecule is COCOCC[Si](C)(C)C. The van der Waals surface area contributed by atoms with Crippen molar-refractivity contribution in [1.82, 2.24) is 0 Å². The van der Waals surface area contributed by atoms with E-state index in [0.29, 0.717) is 6.79 Å². The molecule has 0 radical (unpaired) electrons. The van der Waals surface area contributed by atoms with Crippen molar-refractivity contribution in [3.8, 4) is 0 Å². The molecule has 0 aliphatic heterocycles. The Morgan fingerprint density at radius 2 is 1.80 bits per heavy atom. The second kappa shape index (κ2) is 4.88. The third-order valence-corrected chi connectivity index (χ3v) is 2.90. The molecule has 3 heteroatoms. The van der Waals surface area contributed by atoms with Gasteiger partial charge in [-0.15, -0.1) is 0 Å². The van der Waals surface area contributed by atoms with E-state index >= 15 is 0 Å². The first kappa shape index (κ1) is 10.1. The molecule has 0 heterocycles. The van der Waals surface area contributed by atoms with Gasteiger partial charge in [0, 0.05) is 21.8 Å². The van der Waals surface area contributed by atoms with E-state index < -0.39 is 8.07 Å². The number of methoxy groups -OCH3 is 1. The molecule has 0 aromatic rings. The van der Waals surface area contributed by atoms with Crippen LogP contribution in [0.4, 0.5) is 0 Å². The van der Waals surface area contributed by atoms with E-state index in [4.69, 9.17) is 9.47 Å². The molecule has 0 aliphatic rings. The average Bonchev–Trinajstić information content (AvgIpc) is 1.78. The Labute approximate surface area is 64.5 Å². The summed E-state index contributed by atoms with van der Waals surface area (Å²) in [4.78, 5) is 0. The molecule has 0 aromatic carbocycles. The summed E-state index contributed by atoms with van der Waals surface area (Å²) in [5.41, 5.74) is 0. The summed E-state index contributed by atoms with van der Waals surface area (Å²) in [7, 11) is 0.760. The Morgan fingerprint density at radius 3 is 2.20 bits per heavy atom. The van der Waals surface area contributed by atoms with Crippen LogP contribution in [0.1, 0.15) is 0 Å². The van der Waals surface area contributed by atoms with E-state index in [-0.39, 0.29) is 0 Å².